The molecule has 0 amide bonds. The van der Waals surface area contributed by atoms with E-state index in [0.717, 1.165) is 39.7 Å². The van der Waals surface area contributed by atoms with Crippen LogP contribution in [0.15, 0.2) is 234 Å². The van der Waals surface area contributed by atoms with Crippen LogP contribution >= 0.6 is 0 Å². The second-order valence-electron chi connectivity index (χ2n) is 19.5. The van der Waals surface area contributed by atoms with E-state index in [1.54, 1.807) is 0 Å². The Hall–Kier alpha value is -8.66. The molecule has 0 bridgehead atoms. The zero-order valence-electron chi connectivity index (χ0n) is 38.1. The number of furan rings is 2. The van der Waals surface area contributed by atoms with E-state index in [2.05, 4.69) is 231 Å². The van der Waals surface area contributed by atoms with Crippen LogP contribution in [0.1, 0.15) is 47.2 Å². The highest BCUT2D eigenvalue weighted by Gasteiger charge is 2.55. The number of benzene rings is 10. The first-order valence-corrected chi connectivity index (χ1v) is 24.0. The molecule has 0 saturated heterocycles. The van der Waals surface area contributed by atoms with Crippen molar-refractivity contribution in [3.8, 4) is 56.0 Å². The van der Waals surface area contributed by atoms with Crippen LogP contribution in [0.25, 0.3) is 88.3 Å². The minimum atomic E-state index is -0.641. The van der Waals surface area contributed by atoms with Crippen LogP contribution in [0.5, 0.6) is 0 Å². The van der Waals surface area contributed by atoms with Gasteiger partial charge in [-0.3, -0.25) is 0 Å². The number of hydrogen-bond donors (Lipinski definition) is 0. The van der Waals surface area contributed by atoms with E-state index in [-0.39, 0.29) is 5.41 Å². The average molecular weight is 882 g/mol. The number of rotatable bonds is 4. The van der Waals surface area contributed by atoms with Gasteiger partial charge in [0, 0.05) is 22.2 Å². The van der Waals surface area contributed by atoms with Crippen molar-refractivity contribution in [2.24, 2.45) is 0 Å². The lowest BCUT2D eigenvalue weighted by Gasteiger charge is -2.44. The second kappa shape index (κ2) is 13.9. The molecule has 2 aromatic heterocycles. The fraction of sp³-hybridized carbons (Fsp3) is 0.0606. The van der Waals surface area contributed by atoms with Gasteiger partial charge in [-0.05, 0) is 154 Å². The maximum absolute atomic E-state index is 6.29. The number of hydrogen-bond acceptors (Lipinski definition) is 3. The van der Waals surface area contributed by atoms with Gasteiger partial charge in [-0.15, -0.1) is 0 Å². The highest BCUT2D eigenvalue weighted by Crippen LogP contribution is 2.66. The molecule has 3 heteroatoms. The predicted molar refractivity (Wildman–Crippen MR) is 283 cm³/mol. The van der Waals surface area contributed by atoms with E-state index >= 15 is 0 Å². The fourth-order valence-electron chi connectivity index (χ4n) is 12.8. The Morgan fingerprint density at radius 1 is 0.348 bits per heavy atom. The van der Waals surface area contributed by atoms with Gasteiger partial charge in [-0.2, -0.15) is 0 Å². The zero-order chi connectivity index (χ0) is 45.6. The van der Waals surface area contributed by atoms with Crippen molar-refractivity contribution >= 4 is 49.4 Å². The number of para-hydroxylation sites is 1. The molecule has 0 saturated carbocycles. The largest absolute Gasteiger partial charge is 0.461 e. The molecule has 1 spiro atoms. The Bertz CT molecular complexity index is 4030. The molecule has 3 heterocycles. The molecule has 69 heavy (non-hydrogen) atoms. The molecule has 324 valence electrons. The summed E-state index contributed by atoms with van der Waals surface area (Å²) in [6.07, 6.45) is 3.64. The van der Waals surface area contributed by atoms with E-state index in [9.17, 15) is 0 Å². The van der Waals surface area contributed by atoms with Crippen molar-refractivity contribution < 1.29 is 8.83 Å². The third-order valence-corrected chi connectivity index (χ3v) is 15.8. The van der Waals surface area contributed by atoms with Crippen LogP contribution in [0, 0.1) is 0 Å². The lowest BCUT2D eigenvalue weighted by Crippen LogP contribution is -2.36. The molecular formula is C66H43NO2. The first-order valence-electron chi connectivity index (χ1n) is 24.0. The number of nitrogens with zero attached hydrogens (tertiary/aromatic N) is 1. The molecule has 0 atom stereocenters. The van der Waals surface area contributed by atoms with Crippen molar-refractivity contribution in [1.82, 2.24) is 0 Å². The van der Waals surface area contributed by atoms with Crippen molar-refractivity contribution in [2.75, 3.05) is 4.90 Å². The van der Waals surface area contributed by atoms with Crippen LogP contribution in [0.3, 0.4) is 0 Å². The smallest absolute Gasteiger partial charge is 0.174 e. The van der Waals surface area contributed by atoms with Crippen molar-refractivity contribution in [3.05, 3.63) is 258 Å². The Kier molecular flexibility index (Phi) is 7.77. The highest BCUT2D eigenvalue weighted by molar-refractivity contribution is 6.21. The summed E-state index contributed by atoms with van der Waals surface area (Å²) in [5, 5.41) is 7.44. The Morgan fingerprint density at radius 3 is 1.62 bits per heavy atom. The molecule has 2 aliphatic carbocycles. The minimum absolute atomic E-state index is 0.191. The molecule has 12 aromatic rings. The topological polar surface area (TPSA) is 29.5 Å². The maximum atomic E-state index is 6.29. The van der Waals surface area contributed by atoms with Gasteiger partial charge in [0.05, 0.1) is 29.3 Å². The van der Waals surface area contributed by atoms with Gasteiger partial charge in [0.2, 0.25) is 0 Å². The summed E-state index contributed by atoms with van der Waals surface area (Å²) in [5.41, 5.74) is 19.8. The zero-order valence-corrected chi connectivity index (χ0v) is 38.1. The molecule has 0 radical (unpaired) electrons. The van der Waals surface area contributed by atoms with Crippen LogP contribution < -0.4 is 4.90 Å². The summed E-state index contributed by atoms with van der Waals surface area (Å²) < 4.78 is 12.6. The molecule has 3 aliphatic rings. The standard InChI is InChI=1S/C66H43NO2/c1-65(2)53-23-10-9-18-47(53)52-38-58-60(39-57(52)65)67(59-25-12-11-24-54(59)66(58)55-32-34-68-63(55)64-56(66)33-35-69-64)46-30-28-41(29-31-46)61-48-19-5-7-21-50(48)62(51-22-8-6-20-49(51)61)45-17-13-16-43(37-45)44-27-26-40-14-3-4-15-42(40)36-44/h3-39H,1-2H3. The molecule has 10 aromatic carbocycles. The van der Waals surface area contributed by atoms with Gasteiger partial charge in [-0.25, -0.2) is 0 Å². The average Bonchev–Trinajstić information content (AvgIpc) is 4.18. The second-order valence-corrected chi connectivity index (χ2v) is 19.5. The normalized spacial score (nSPS) is 14.4. The first-order chi connectivity index (χ1) is 34.0. The number of anilines is 3. The van der Waals surface area contributed by atoms with Crippen molar-refractivity contribution in [1.29, 1.82) is 0 Å². The quantitative estimate of drug-likeness (QED) is 0.165. The van der Waals surface area contributed by atoms with Crippen LogP contribution in [-0.4, -0.2) is 0 Å². The summed E-state index contributed by atoms with van der Waals surface area (Å²) in [6, 6.07) is 78.9. The highest BCUT2D eigenvalue weighted by atomic mass is 16.4. The molecular weight excluding hydrogens is 839 g/mol. The lowest BCUT2D eigenvalue weighted by atomic mass is 9.64. The van der Waals surface area contributed by atoms with Gasteiger partial charge in [-0.1, -0.05) is 172 Å². The number of fused-ring (bicyclic) bond motifs is 15. The SMILES string of the molecule is CC1(C)c2ccccc2-c2cc3c(cc21)N(c1ccc(-c2c4ccccc4c(-c4cccc(-c5ccc6ccccc6c5)c4)c4ccccc24)cc1)c1ccccc1C31c2ccoc2-c2occc21. The molecule has 0 unspecified atom stereocenters. The fourth-order valence-corrected chi connectivity index (χ4v) is 12.8. The van der Waals surface area contributed by atoms with E-state index < -0.39 is 5.41 Å². The molecule has 15 rings (SSSR count). The maximum Gasteiger partial charge on any atom is 0.174 e. The summed E-state index contributed by atoms with van der Waals surface area (Å²) in [5.74, 6) is 1.61. The molecule has 0 fully saturated rings. The monoisotopic (exact) mass is 881 g/mol. The van der Waals surface area contributed by atoms with Crippen molar-refractivity contribution in [2.45, 2.75) is 24.7 Å². The van der Waals surface area contributed by atoms with Gasteiger partial charge in [0.15, 0.2) is 11.5 Å². The van der Waals surface area contributed by atoms with Crippen LogP contribution in [0.2, 0.25) is 0 Å². The van der Waals surface area contributed by atoms with Crippen LogP contribution in [-0.2, 0) is 10.8 Å². The van der Waals surface area contributed by atoms with E-state index in [1.807, 2.05) is 12.5 Å². The first kappa shape index (κ1) is 38.4. The molecule has 0 N–H and O–H groups in total. The Morgan fingerprint density at radius 2 is 0.913 bits per heavy atom. The summed E-state index contributed by atoms with van der Waals surface area (Å²) in [4.78, 5) is 2.50. The lowest BCUT2D eigenvalue weighted by molar-refractivity contribution is 0.525. The van der Waals surface area contributed by atoms with E-state index in [0.29, 0.717) is 0 Å². The van der Waals surface area contributed by atoms with Gasteiger partial charge >= 0.3 is 0 Å². The van der Waals surface area contributed by atoms with E-state index in [1.165, 1.54) is 99.1 Å². The molecule has 1 aliphatic heterocycles. The molecule has 3 nitrogen and oxygen atoms in total. The van der Waals surface area contributed by atoms with Gasteiger partial charge < -0.3 is 13.7 Å². The minimum Gasteiger partial charge on any atom is -0.461 e. The predicted octanol–water partition coefficient (Wildman–Crippen LogP) is 17.8. The summed E-state index contributed by atoms with van der Waals surface area (Å²) >= 11 is 0. The van der Waals surface area contributed by atoms with Gasteiger partial charge in [0.25, 0.3) is 0 Å². The summed E-state index contributed by atoms with van der Waals surface area (Å²) in [6.45, 7) is 4.74. The summed E-state index contributed by atoms with van der Waals surface area (Å²) in [7, 11) is 0. The van der Waals surface area contributed by atoms with Gasteiger partial charge in [0.1, 0.15) is 0 Å². The Labute approximate surface area is 400 Å². The van der Waals surface area contributed by atoms with Crippen molar-refractivity contribution in [3.63, 3.8) is 0 Å². The van der Waals surface area contributed by atoms with E-state index in [4.69, 9.17) is 8.83 Å². The van der Waals surface area contributed by atoms with Crippen LogP contribution in [0.4, 0.5) is 17.1 Å². The third-order valence-electron chi connectivity index (χ3n) is 15.8. The third kappa shape index (κ3) is 5.11. The Balaban J connectivity index is 0.917.